The lowest BCUT2D eigenvalue weighted by atomic mass is 9.91. The fourth-order valence-electron chi connectivity index (χ4n) is 1.87. The summed E-state index contributed by atoms with van der Waals surface area (Å²) in [5, 5.41) is 7.14. The molecule has 0 amide bonds. The van der Waals surface area contributed by atoms with Gasteiger partial charge in [0.2, 0.25) is 0 Å². The van der Waals surface area contributed by atoms with Crippen molar-refractivity contribution in [3.8, 4) is 0 Å². The second-order valence-electron chi connectivity index (χ2n) is 4.42. The molecule has 106 valence electrons. The van der Waals surface area contributed by atoms with Gasteiger partial charge in [-0.05, 0) is 0 Å². The molecule has 1 aliphatic carbocycles. The molecule has 1 saturated carbocycles. The number of hydrogen-bond donors (Lipinski definition) is 0. The van der Waals surface area contributed by atoms with Crippen LogP contribution in [0.2, 0.25) is 0 Å². The minimum Gasteiger partial charge on any atom is -0.451 e. The molecular weight excluding hydrogens is 276 g/mol. The molecule has 2 aromatic rings. The first-order valence-electron chi connectivity index (χ1n) is 5.75. The number of hydrogen-bond acceptors (Lipinski definition) is 6. The molecule has 1 fully saturated rings. The number of aryl methyl sites for hydroxylation is 1. The highest BCUT2D eigenvalue weighted by atomic mass is 19.2. The molecule has 2 aromatic heterocycles. The van der Waals surface area contributed by atoms with Gasteiger partial charge in [0.25, 0.3) is 0 Å². The molecule has 0 spiro atoms. The number of fused-ring (bicyclic) bond motifs is 1. The molecule has 8 nitrogen and oxygen atoms in total. The maximum absolute atomic E-state index is 13.0. The van der Waals surface area contributed by atoms with Crippen LogP contribution in [0, 0.1) is 0 Å². The van der Waals surface area contributed by atoms with Crippen LogP contribution >= 0.6 is 0 Å². The summed E-state index contributed by atoms with van der Waals surface area (Å²) >= 11 is 0. The second-order valence-corrected chi connectivity index (χ2v) is 4.42. The van der Waals surface area contributed by atoms with E-state index in [0.717, 1.165) is 15.4 Å². The summed E-state index contributed by atoms with van der Waals surface area (Å²) in [5.41, 5.74) is -0.985. The zero-order valence-corrected chi connectivity index (χ0v) is 10.2. The Morgan fingerprint density at radius 3 is 2.80 bits per heavy atom. The molecule has 3 rings (SSSR count). The Labute approximate surface area is 110 Å². The largest absolute Gasteiger partial charge is 0.451 e. The SMILES string of the molecule is Cn1nnc2c(C(=O)OC3C(F)CC3F)ncn2c1=O. The number of aromatic nitrogens is 5. The van der Waals surface area contributed by atoms with Crippen molar-refractivity contribution in [1.29, 1.82) is 0 Å². The third-order valence-corrected chi connectivity index (χ3v) is 3.10. The van der Waals surface area contributed by atoms with Gasteiger partial charge < -0.3 is 4.74 Å². The summed E-state index contributed by atoms with van der Waals surface area (Å²) < 4.78 is 32.7. The summed E-state index contributed by atoms with van der Waals surface area (Å²) in [6, 6.07) is 0. The van der Waals surface area contributed by atoms with Gasteiger partial charge in [0, 0.05) is 13.5 Å². The number of carbonyl (C=O) groups excluding carboxylic acids is 1. The van der Waals surface area contributed by atoms with Crippen LogP contribution in [0.1, 0.15) is 16.9 Å². The molecule has 0 aromatic carbocycles. The first kappa shape index (κ1) is 12.6. The smallest absolute Gasteiger partial charge is 0.361 e. The number of ether oxygens (including phenoxy) is 1. The summed E-state index contributed by atoms with van der Waals surface area (Å²) in [5.74, 6) is -1.04. The van der Waals surface area contributed by atoms with E-state index >= 15 is 0 Å². The van der Waals surface area contributed by atoms with Crippen LogP contribution in [0.3, 0.4) is 0 Å². The number of alkyl halides is 2. The lowest BCUT2D eigenvalue weighted by Gasteiger charge is -2.33. The maximum Gasteiger partial charge on any atom is 0.361 e. The highest BCUT2D eigenvalue weighted by molar-refractivity contribution is 5.93. The Morgan fingerprint density at radius 1 is 1.45 bits per heavy atom. The molecule has 2 atom stereocenters. The van der Waals surface area contributed by atoms with Crippen molar-refractivity contribution in [2.24, 2.45) is 7.05 Å². The van der Waals surface area contributed by atoms with Crippen LogP contribution in [0.4, 0.5) is 8.78 Å². The predicted molar refractivity (Wildman–Crippen MR) is 59.6 cm³/mol. The van der Waals surface area contributed by atoms with Gasteiger partial charge in [0.15, 0.2) is 17.4 Å². The summed E-state index contributed by atoms with van der Waals surface area (Å²) in [4.78, 5) is 27.2. The molecule has 0 radical (unpaired) electrons. The van der Waals surface area contributed by atoms with Crippen molar-refractivity contribution in [1.82, 2.24) is 24.4 Å². The summed E-state index contributed by atoms with van der Waals surface area (Å²) in [6.45, 7) is 0. The average Bonchev–Trinajstić information content (AvgIpc) is 2.85. The predicted octanol–water partition coefficient (Wildman–Crippen LogP) is -0.572. The highest BCUT2D eigenvalue weighted by Gasteiger charge is 2.45. The Bertz CT molecular complexity index is 734. The summed E-state index contributed by atoms with van der Waals surface area (Å²) in [6.07, 6.45) is -3.70. The first-order chi connectivity index (χ1) is 9.49. The van der Waals surface area contributed by atoms with E-state index in [0.29, 0.717) is 0 Å². The number of rotatable bonds is 2. The minimum atomic E-state index is -1.53. The van der Waals surface area contributed by atoms with Gasteiger partial charge >= 0.3 is 11.7 Å². The molecule has 1 aliphatic rings. The normalized spacial score (nSPS) is 25.4. The fraction of sp³-hybridized carbons (Fsp3) is 0.500. The van der Waals surface area contributed by atoms with E-state index in [-0.39, 0.29) is 17.8 Å². The monoisotopic (exact) mass is 285 g/mol. The Kier molecular flexibility index (Phi) is 2.73. The van der Waals surface area contributed by atoms with Gasteiger partial charge in [-0.1, -0.05) is 5.21 Å². The number of carbonyl (C=O) groups is 1. The molecule has 0 N–H and O–H groups in total. The average molecular weight is 285 g/mol. The lowest BCUT2D eigenvalue weighted by Crippen LogP contribution is -2.48. The van der Waals surface area contributed by atoms with Gasteiger partial charge in [-0.15, -0.1) is 5.10 Å². The number of esters is 1. The van der Waals surface area contributed by atoms with Crippen molar-refractivity contribution in [3.05, 3.63) is 22.5 Å². The Morgan fingerprint density at radius 2 is 2.15 bits per heavy atom. The minimum absolute atomic E-state index is 0.122. The van der Waals surface area contributed by atoms with Gasteiger partial charge in [0.1, 0.15) is 18.7 Å². The Hall–Kier alpha value is -2.39. The number of halogens is 2. The third kappa shape index (κ3) is 1.75. The van der Waals surface area contributed by atoms with Crippen LogP contribution in [0.25, 0.3) is 5.65 Å². The van der Waals surface area contributed by atoms with Crippen LogP contribution in [0.5, 0.6) is 0 Å². The number of imidazole rings is 1. The molecule has 20 heavy (non-hydrogen) atoms. The van der Waals surface area contributed by atoms with E-state index in [1.54, 1.807) is 0 Å². The highest BCUT2D eigenvalue weighted by Crippen LogP contribution is 2.30. The molecule has 2 heterocycles. The second kappa shape index (κ2) is 4.32. The molecular formula is C10H9F2N5O3. The molecule has 0 bridgehead atoms. The third-order valence-electron chi connectivity index (χ3n) is 3.10. The topological polar surface area (TPSA) is 91.4 Å². The standard InChI is InChI=1S/C10H9F2N5O3/c1-16-10(19)17-3-13-6(8(17)14-15-16)9(18)20-7-4(11)2-5(7)12/h3-5,7H,2H2,1H3. The Balaban J connectivity index is 1.93. The van der Waals surface area contributed by atoms with E-state index in [1.807, 2.05) is 0 Å². The van der Waals surface area contributed by atoms with Crippen molar-refractivity contribution in [2.45, 2.75) is 24.9 Å². The first-order valence-corrected chi connectivity index (χ1v) is 5.75. The van der Waals surface area contributed by atoms with Gasteiger partial charge in [-0.25, -0.2) is 27.8 Å². The van der Waals surface area contributed by atoms with Crippen LogP contribution in [0.15, 0.2) is 11.1 Å². The van der Waals surface area contributed by atoms with Crippen molar-refractivity contribution < 1.29 is 18.3 Å². The van der Waals surface area contributed by atoms with E-state index < -0.39 is 30.1 Å². The van der Waals surface area contributed by atoms with E-state index in [9.17, 15) is 18.4 Å². The maximum atomic E-state index is 13.0. The van der Waals surface area contributed by atoms with E-state index in [2.05, 4.69) is 15.3 Å². The van der Waals surface area contributed by atoms with Crippen molar-refractivity contribution in [2.75, 3.05) is 0 Å². The number of nitrogens with zero attached hydrogens (tertiary/aromatic N) is 5. The molecule has 0 aliphatic heterocycles. The van der Waals surface area contributed by atoms with Crippen LogP contribution in [-0.4, -0.2) is 48.8 Å². The quantitative estimate of drug-likeness (QED) is 0.686. The summed E-state index contributed by atoms with van der Waals surface area (Å²) in [7, 11) is 1.38. The van der Waals surface area contributed by atoms with Gasteiger partial charge in [0.05, 0.1) is 0 Å². The van der Waals surface area contributed by atoms with E-state index in [4.69, 9.17) is 4.74 Å². The van der Waals surface area contributed by atoms with Crippen LogP contribution in [-0.2, 0) is 11.8 Å². The van der Waals surface area contributed by atoms with Gasteiger partial charge in [-0.3, -0.25) is 0 Å². The zero-order chi connectivity index (χ0) is 14.4. The van der Waals surface area contributed by atoms with Crippen LogP contribution < -0.4 is 5.69 Å². The lowest BCUT2D eigenvalue weighted by molar-refractivity contribution is -0.0871. The molecule has 0 saturated heterocycles. The fourth-order valence-corrected chi connectivity index (χ4v) is 1.87. The van der Waals surface area contributed by atoms with Crippen molar-refractivity contribution >= 4 is 11.6 Å². The van der Waals surface area contributed by atoms with Crippen molar-refractivity contribution in [3.63, 3.8) is 0 Å². The van der Waals surface area contributed by atoms with E-state index in [1.165, 1.54) is 7.05 Å². The zero-order valence-electron chi connectivity index (χ0n) is 10.2. The van der Waals surface area contributed by atoms with Gasteiger partial charge in [-0.2, -0.15) is 4.68 Å². The molecule has 2 unspecified atom stereocenters. The molecule has 10 heteroatoms.